The van der Waals surface area contributed by atoms with Crippen LogP contribution < -0.4 is 4.90 Å². The standard InChI is InChI=1S/C52H35N/c1-4-17-36(18-5-1)41-33-34-50(46-28-14-12-26-43(41)46)53(49-30-16-24-37-19-10-11-25-42(37)49)40-31-32-45-44-27-13-15-29-47(44)51(38-20-6-2-7-21-38)52(48(45)35-40)39-22-8-3-9-23-39/h1-35H. The molecule has 10 aromatic rings. The van der Waals surface area contributed by atoms with E-state index in [1.54, 1.807) is 0 Å². The lowest BCUT2D eigenvalue weighted by molar-refractivity contribution is 1.32. The monoisotopic (exact) mass is 673 g/mol. The first-order chi connectivity index (χ1) is 26.3. The van der Waals surface area contributed by atoms with E-state index < -0.39 is 0 Å². The molecule has 0 aliphatic carbocycles. The third kappa shape index (κ3) is 5.25. The van der Waals surface area contributed by atoms with Crippen molar-refractivity contribution in [1.29, 1.82) is 0 Å². The topological polar surface area (TPSA) is 3.24 Å². The SMILES string of the molecule is c1ccc(-c2ccc(N(c3ccc4c(c3)c(-c3ccccc3)c(-c3ccccc3)c3ccccc34)c3cccc4ccccc34)c3ccccc23)cc1. The van der Waals surface area contributed by atoms with Gasteiger partial charge in [0.15, 0.2) is 0 Å². The molecule has 0 aromatic heterocycles. The normalized spacial score (nSPS) is 11.4. The van der Waals surface area contributed by atoms with Crippen molar-refractivity contribution < 1.29 is 0 Å². The van der Waals surface area contributed by atoms with Gasteiger partial charge in [-0.3, -0.25) is 0 Å². The van der Waals surface area contributed by atoms with E-state index in [9.17, 15) is 0 Å². The van der Waals surface area contributed by atoms with Gasteiger partial charge in [0.25, 0.3) is 0 Å². The van der Waals surface area contributed by atoms with Crippen molar-refractivity contribution in [3.8, 4) is 33.4 Å². The minimum absolute atomic E-state index is 1.11. The van der Waals surface area contributed by atoms with Gasteiger partial charge >= 0.3 is 0 Å². The van der Waals surface area contributed by atoms with Gasteiger partial charge in [0.2, 0.25) is 0 Å². The molecule has 1 heteroatoms. The predicted molar refractivity (Wildman–Crippen MR) is 227 cm³/mol. The second-order valence-electron chi connectivity index (χ2n) is 13.6. The van der Waals surface area contributed by atoms with Gasteiger partial charge in [-0.1, -0.05) is 188 Å². The molecule has 53 heavy (non-hydrogen) atoms. The maximum atomic E-state index is 2.48. The minimum atomic E-state index is 1.11. The van der Waals surface area contributed by atoms with Crippen molar-refractivity contribution in [1.82, 2.24) is 0 Å². The summed E-state index contributed by atoms with van der Waals surface area (Å²) in [6.45, 7) is 0. The predicted octanol–water partition coefficient (Wildman–Crippen LogP) is 14.8. The van der Waals surface area contributed by atoms with E-state index in [0.29, 0.717) is 0 Å². The molecule has 0 saturated heterocycles. The van der Waals surface area contributed by atoms with E-state index in [0.717, 1.165) is 17.1 Å². The van der Waals surface area contributed by atoms with Gasteiger partial charge in [-0.25, -0.2) is 0 Å². The Morgan fingerprint density at radius 3 is 1.45 bits per heavy atom. The van der Waals surface area contributed by atoms with E-state index in [-0.39, 0.29) is 0 Å². The molecule has 10 aromatic carbocycles. The summed E-state index contributed by atoms with van der Waals surface area (Å²) < 4.78 is 0. The number of anilines is 3. The first-order valence-electron chi connectivity index (χ1n) is 18.3. The smallest absolute Gasteiger partial charge is 0.0540 e. The molecule has 0 heterocycles. The first-order valence-corrected chi connectivity index (χ1v) is 18.3. The number of benzene rings is 10. The average Bonchev–Trinajstić information content (AvgIpc) is 3.24. The Morgan fingerprint density at radius 2 is 0.755 bits per heavy atom. The van der Waals surface area contributed by atoms with Crippen molar-refractivity contribution in [2.45, 2.75) is 0 Å². The molecule has 0 N–H and O–H groups in total. The average molecular weight is 674 g/mol. The van der Waals surface area contributed by atoms with Gasteiger partial charge in [-0.15, -0.1) is 0 Å². The molecule has 0 radical (unpaired) electrons. The summed E-state index contributed by atoms with van der Waals surface area (Å²) in [6, 6.07) is 77.3. The maximum Gasteiger partial charge on any atom is 0.0540 e. The third-order valence-corrected chi connectivity index (χ3v) is 10.6. The minimum Gasteiger partial charge on any atom is -0.309 e. The molecule has 248 valence electrons. The van der Waals surface area contributed by atoms with E-state index in [4.69, 9.17) is 0 Å². The number of rotatable bonds is 6. The van der Waals surface area contributed by atoms with Gasteiger partial charge in [0.05, 0.1) is 11.4 Å². The van der Waals surface area contributed by atoms with Crippen molar-refractivity contribution >= 4 is 60.2 Å². The van der Waals surface area contributed by atoms with Crippen LogP contribution in [0.2, 0.25) is 0 Å². The zero-order valence-corrected chi connectivity index (χ0v) is 29.2. The molecule has 1 nitrogen and oxygen atoms in total. The van der Waals surface area contributed by atoms with Crippen LogP contribution in [0.1, 0.15) is 0 Å². The maximum absolute atomic E-state index is 2.48. The Bertz CT molecular complexity index is 2920. The van der Waals surface area contributed by atoms with Crippen molar-refractivity contribution in [3.63, 3.8) is 0 Å². The quantitative estimate of drug-likeness (QED) is 0.159. The van der Waals surface area contributed by atoms with Crippen LogP contribution in [0, 0.1) is 0 Å². The molecule has 0 atom stereocenters. The van der Waals surface area contributed by atoms with Gasteiger partial charge in [0.1, 0.15) is 0 Å². The fourth-order valence-electron chi connectivity index (χ4n) is 8.29. The van der Waals surface area contributed by atoms with Gasteiger partial charge in [-0.2, -0.15) is 0 Å². The summed E-state index contributed by atoms with van der Waals surface area (Å²) in [5, 5.41) is 9.82. The number of hydrogen-bond donors (Lipinski definition) is 0. The lowest BCUT2D eigenvalue weighted by atomic mass is 9.85. The van der Waals surface area contributed by atoms with Crippen LogP contribution >= 0.6 is 0 Å². The molecule has 0 amide bonds. The van der Waals surface area contributed by atoms with Crippen LogP contribution in [0.4, 0.5) is 17.1 Å². The molecular formula is C52H35N. The Balaban J connectivity index is 1.32. The molecule has 0 fully saturated rings. The summed E-state index contributed by atoms with van der Waals surface area (Å²) in [5.74, 6) is 0. The fraction of sp³-hybridized carbons (Fsp3) is 0. The van der Waals surface area contributed by atoms with E-state index in [2.05, 4.69) is 217 Å². The molecular weight excluding hydrogens is 639 g/mol. The molecule has 0 unspecified atom stereocenters. The largest absolute Gasteiger partial charge is 0.309 e. The van der Waals surface area contributed by atoms with Crippen LogP contribution in [0.15, 0.2) is 212 Å². The zero-order chi connectivity index (χ0) is 35.1. The summed E-state index contributed by atoms with van der Waals surface area (Å²) in [5.41, 5.74) is 10.7. The highest BCUT2D eigenvalue weighted by atomic mass is 15.1. The number of fused-ring (bicyclic) bond motifs is 5. The molecule has 0 aliphatic heterocycles. The molecule has 0 bridgehead atoms. The molecule has 0 aliphatic rings. The third-order valence-electron chi connectivity index (χ3n) is 10.6. The van der Waals surface area contributed by atoms with Gasteiger partial charge < -0.3 is 4.90 Å². The number of hydrogen-bond acceptors (Lipinski definition) is 1. The molecule has 0 spiro atoms. The highest BCUT2D eigenvalue weighted by molar-refractivity contribution is 6.22. The Hall–Kier alpha value is -6.96. The van der Waals surface area contributed by atoms with E-state index in [1.807, 2.05) is 0 Å². The van der Waals surface area contributed by atoms with Crippen molar-refractivity contribution in [3.05, 3.63) is 212 Å². The Morgan fingerprint density at radius 1 is 0.264 bits per heavy atom. The summed E-state index contributed by atoms with van der Waals surface area (Å²) in [6.07, 6.45) is 0. The summed E-state index contributed by atoms with van der Waals surface area (Å²) >= 11 is 0. The second kappa shape index (κ2) is 13.0. The van der Waals surface area contributed by atoms with Gasteiger partial charge in [-0.05, 0) is 90.0 Å². The van der Waals surface area contributed by atoms with Crippen molar-refractivity contribution in [2.75, 3.05) is 4.90 Å². The fourth-order valence-corrected chi connectivity index (χ4v) is 8.29. The zero-order valence-electron chi connectivity index (χ0n) is 29.2. The number of nitrogens with zero attached hydrogens (tertiary/aromatic N) is 1. The molecule has 10 rings (SSSR count). The Labute approximate surface area is 309 Å². The van der Waals surface area contributed by atoms with Crippen LogP contribution in [-0.4, -0.2) is 0 Å². The lowest BCUT2D eigenvalue weighted by Crippen LogP contribution is -2.11. The Kier molecular flexibility index (Phi) is 7.55. The summed E-state index contributed by atoms with van der Waals surface area (Å²) in [7, 11) is 0. The van der Waals surface area contributed by atoms with E-state index in [1.165, 1.54) is 76.5 Å². The second-order valence-corrected chi connectivity index (χ2v) is 13.6. The first kappa shape index (κ1) is 30.8. The summed E-state index contributed by atoms with van der Waals surface area (Å²) in [4.78, 5) is 2.48. The molecule has 0 saturated carbocycles. The van der Waals surface area contributed by atoms with Crippen molar-refractivity contribution in [2.24, 2.45) is 0 Å². The lowest BCUT2D eigenvalue weighted by Gasteiger charge is -2.29. The van der Waals surface area contributed by atoms with Crippen LogP contribution in [0.25, 0.3) is 76.5 Å². The van der Waals surface area contributed by atoms with Crippen LogP contribution in [-0.2, 0) is 0 Å². The van der Waals surface area contributed by atoms with Gasteiger partial charge in [0, 0.05) is 16.5 Å². The van der Waals surface area contributed by atoms with Crippen LogP contribution in [0.5, 0.6) is 0 Å². The van der Waals surface area contributed by atoms with E-state index >= 15 is 0 Å². The van der Waals surface area contributed by atoms with Crippen LogP contribution in [0.3, 0.4) is 0 Å². The highest BCUT2D eigenvalue weighted by Gasteiger charge is 2.22. The highest BCUT2D eigenvalue weighted by Crippen LogP contribution is 2.49.